The average molecular weight is 301 g/mol. The predicted octanol–water partition coefficient (Wildman–Crippen LogP) is 3.62. The van der Waals surface area contributed by atoms with Crippen molar-refractivity contribution in [3.05, 3.63) is 30.0 Å². The molecule has 0 aliphatic carbocycles. The van der Waals surface area contributed by atoms with E-state index in [4.69, 9.17) is 10.8 Å². The third-order valence-electron chi connectivity index (χ3n) is 3.17. The van der Waals surface area contributed by atoms with Crippen LogP contribution in [0, 0.1) is 12.3 Å². The van der Waals surface area contributed by atoms with E-state index in [1.54, 1.807) is 18.0 Å². The number of furan rings is 1. The lowest BCUT2D eigenvalue weighted by atomic mass is 10.1. The van der Waals surface area contributed by atoms with Crippen molar-refractivity contribution in [2.45, 2.75) is 36.8 Å². The van der Waals surface area contributed by atoms with E-state index in [9.17, 15) is 4.79 Å². The van der Waals surface area contributed by atoms with Gasteiger partial charge in [-0.15, -0.1) is 18.2 Å². The Morgan fingerprint density at radius 2 is 2.33 bits per heavy atom. The highest BCUT2D eigenvalue weighted by molar-refractivity contribution is 8.00. The van der Waals surface area contributed by atoms with E-state index in [0.29, 0.717) is 6.54 Å². The lowest BCUT2D eigenvalue weighted by Gasteiger charge is -2.05. The number of carbonyl (C=O) groups excluding carboxylic acids is 1. The highest BCUT2D eigenvalue weighted by Crippen LogP contribution is 2.29. The first kappa shape index (κ1) is 15.5. The van der Waals surface area contributed by atoms with Crippen LogP contribution in [0.25, 0.3) is 11.0 Å². The van der Waals surface area contributed by atoms with Gasteiger partial charge in [0.25, 0.3) is 0 Å². The second-order valence-corrected chi connectivity index (χ2v) is 6.35. The Kier molecular flexibility index (Phi) is 5.35. The summed E-state index contributed by atoms with van der Waals surface area (Å²) in [5, 5.41) is 4.09. The molecular formula is C17H19NO2S. The van der Waals surface area contributed by atoms with Gasteiger partial charge in [0, 0.05) is 23.8 Å². The topological polar surface area (TPSA) is 42.2 Å². The fraction of sp³-hybridized carbons (Fsp3) is 0.353. The van der Waals surface area contributed by atoms with Gasteiger partial charge in [-0.3, -0.25) is 4.79 Å². The third-order valence-corrected chi connectivity index (χ3v) is 4.19. The molecule has 0 aliphatic heterocycles. The Balaban J connectivity index is 2.08. The van der Waals surface area contributed by atoms with Crippen LogP contribution in [-0.2, 0) is 11.2 Å². The summed E-state index contributed by atoms with van der Waals surface area (Å²) >= 11 is 1.67. The molecule has 1 unspecified atom stereocenters. The standard InChI is InChI=1S/C17H19NO2S/c1-4-12(2)21-15-7-8-17-16(10-15)14(11-20-17)6-5-9-18-13(3)19/h1,7-8,10-12H,5-6,9H2,2-3H3,(H,18,19). The SMILES string of the molecule is C#CC(C)Sc1ccc2occ(CCCNC(C)=O)c2c1. The normalized spacial score (nSPS) is 12.0. The molecule has 1 aromatic carbocycles. The van der Waals surface area contributed by atoms with Gasteiger partial charge in [0.15, 0.2) is 0 Å². The number of thioether (sulfide) groups is 1. The fourth-order valence-corrected chi connectivity index (χ4v) is 2.92. The van der Waals surface area contributed by atoms with E-state index in [1.165, 1.54) is 12.5 Å². The molecular weight excluding hydrogens is 282 g/mol. The van der Waals surface area contributed by atoms with Gasteiger partial charge in [-0.1, -0.05) is 5.92 Å². The number of benzene rings is 1. The highest BCUT2D eigenvalue weighted by atomic mass is 32.2. The number of amides is 1. The highest BCUT2D eigenvalue weighted by Gasteiger charge is 2.08. The molecule has 0 fully saturated rings. The average Bonchev–Trinajstić information content (AvgIpc) is 2.86. The summed E-state index contributed by atoms with van der Waals surface area (Å²) in [6.07, 6.45) is 9.00. The lowest BCUT2D eigenvalue weighted by molar-refractivity contribution is -0.118. The molecule has 2 rings (SSSR count). The van der Waals surface area contributed by atoms with Gasteiger partial charge in [0.1, 0.15) is 5.58 Å². The maximum absolute atomic E-state index is 10.8. The van der Waals surface area contributed by atoms with E-state index >= 15 is 0 Å². The van der Waals surface area contributed by atoms with Gasteiger partial charge >= 0.3 is 0 Å². The van der Waals surface area contributed by atoms with Crippen LogP contribution >= 0.6 is 11.8 Å². The summed E-state index contributed by atoms with van der Waals surface area (Å²) in [5.41, 5.74) is 2.06. The number of terminal acetylenes is 1. The van der Waals surface area contributed by atoms with Crippen molar-refractivity contribution in [1.29, 1.82) is 0 Å². The number of hydrogen-bond donors (Lipinski definition) is 1. The van der Waals surface area contributed by atoms with Crippen LogP contribution in [0.1, 0.15) is 25.8 Å². The Hall–Kier alpha value is -1.86. The first-order chi connectivity index (χ1) is 10.1. The molecule has 110 valence electrons. The van der Waals surface area contributed by atoms with Crippen LogP contribution in [0.4, 0.5) is 0 Å². The Labute approximate surface area is 129 Å². The lowest BCUT2D eigenvalue weighted by Crippen LogP contribution is -2.21. The quantitative estimate of drug-likeness (QED) is 0.503. The first-order valence-electron chi connectivity index (χ1n) is 6.97. The summed E-state index contributed by atoms with van der Waals surface area (Å²) in [5.74, 6) is 2.73. The van der Waals surface area contributed by atoms with E-state index < -0.39 is 0 Å². The van der Waals surface area contributed by atoms with Crippen molar-refractivity contribution in [2.75, 3.05) is 6.54 Å². The largest absolute Gasteiger partial charge is 0.464 e. The van der Waals surface area contributed by atoms with Gasteiger partial charge in [-0.25, -0.2) is 0 Å². The molecule has 0 bridgehead atoms. The predicted molar refractivity (Wildman–Crippen MR) is 87.4 cm³/mol. The van der Waals surface area contributed by atoms with E-state index in [0.717, 1.165) is 28.7 Å². The van der Waals surface area contributed by atoms with Gasteiger partial charge in [-0.2, -0.15) is 0 Å². The summed E-state index contributed by atoms with van der Waals surface area (Å²) in [6.45, 7) is 4.23. The number of nitrogens with one attached hydrogen (secondary N) is 1. The van der Waals surface area contributed by atoms with Crippen molar-refractivity contribution >= 4 is 28.6 Å². The van der Waals surface area contributed by atoms with E-state index in [1.807, 2.05) is 19.1 Å². The molecule has 1 amide bonds. The molecule has 3 nitrogen and oxygen atoms in total. The zero-order chi connectivity index (χ0) is 15.2. The molecule has 0 saturated carbocycles. The molecule has 0 radical (unpaired) electrons. The zero-order valence-corrected chi connectivity index (χ0v) is 13.1. The minimum Gasteiger partial charge on any atom is -0.464 e. The van der Waals surface area contributed by atoms with Crippen molar-refractivity contribution in [2.24, 2.45) is 0 Å². The Morgan fingerprint density at radius 3 is 3.05 bits per heavy atom. The molecule has 1 atom stereocenters. The number of rotatable bonds is 6. The monoisotopic (exact) mass is 301 g/mol. The molecule has 1 aromatic heterocycles. The third kappa shape index (κ3) is 4.30. The van der Waals surface area contributed by atoms with Gasteiger partial charge in [0.05, 0.1) is 11.5 Å². The van der Waals surface area contributed by atoms with Crippen LogP contribution in [-0.4, -0.2) is 17.7 Å². The summed E-state index contributed by atoms with van der Waals surface area (Å²) in [7, 11) is 0. The molecule has 0 spiro atoms. The van der Waals surface area contributed by atoms with Gasteiger partial charge in [0.2, 0.25) is 5.91 Å². The minimum atomic E-state index is 0.00834. The maximum Gasteiger partial charge on any atom is 0.216 e. The summed E-state index contributed by atoms with van der Waals surface area (Å²) < 4.78 is 5.58. The fourth-order valence-electron chi connectivity index (χ4n) is 2.11. The molecule has 4 heteroatoms. The summed E-state index contributed by atoms with van der Waals surface area (Å²) in [4.78, 5) is 12.0. The molecule has 1 N–H and O–H groups in total. The van der Waals surface area contributed by atoms with Gasteiger partial charge < -0.3 is 9.73 Å². The van der Waals surface area contributed by atoms with E-state index in [-0.39, 0.29) is 11.2 Å². The van der Waals surface area contributed by atoms with Crippen molar-refractivity contribution in [3.63, 3.8) is 0 Å². The van der Waals surface area contributed by atoms with Crippen molar-refractivity contribution in [1.82, 2.24) is 5.32 Å². The molecule has 0 aliphatic rings. The second-order valence-electron chi connectivity index (χ2n) is 4.93. The summed E-state index contributed by atoms with van der Waals surface area (Å²) in [6, 6.07) is 6.15. The Bertz CT molecular complexity index is 669. The van der Waals surface area contributed by atoms with Crippen LogP contribution in [0.2, 0.25) is 0 Å². The van der Waals surface area contributed by atoms with Crippen LogP contribution < -0.4 is 5.32 Å². The second kappa shape index (κ2) is 7.24. The number of carbonyl (C=O) groups is 1. The molecule has 21 heavy (non-hydrogen) atoms. The zero-order valence-electron chi connectivity index (χ0n) is 12.3. The number of fused-ring (bicyclic) bond motifs is 1. The Morgan fingerprint density at radius 1 is 1.52 bits per heavy atom. The van der Waals surface area contributed by atoms with Crippen LogP contribution in [0.3, 0.4) is 0 Å². The first-order valence-corrected chi connectivity index (χ1v) is 7.85. The molecule has 2 aromatic rings. The van der Waals surface area contributed by atoms with Crippen molar-refractivity contribution in [3.8, 4) is 12.3 Å². The molecule has 0 saturated heterocycles. The minimum absolute atomic E-state index is 0.00834. The number of aryl methyl sites for hydroxylation is 1. The van der Waals surface area contributed by atoms with Crippen LogP contribution in [0.5, 0.6) is 0 Å². The van der Waals surface area contributed by atoms with Crippen molar-refractivity contribution < 1.29 is 9.21 Å². The van der Waals surface area contributed by atoms with Crippen LogP contribution in [0.15, 0.2) is 33.8 Å². The number of hydrogen-bond acceptors (Lipinski definition) is 3. The van der Waals surface area contributed by atoms with Gasteiger partial charge in [-0.05, 0) is 43.5 Å². The van der Waals surface area contributed by atoms with E-state index in [2.05, 4.69) is 17.3 Å². The molecule has 1 heterocycles. The maximum atomic E-state index is 10.8. The smallest absolute Gasteiger partial charge is 0.216 e.